The van der Waals surface area contributed by atoms with Crippen molar-refractivity contribution in [3.8, 4) is 5.88 Å². The van der Waals surface area contributed by atoms with E-state index in [4.69, 9.17) is 0 Å². The Balaban J connectivity index is 1.73. The second kappa shape index (κ2) is 7.37. The number of nitrogens with one attached hydrogen (secondary N) is 2. The highest BCUT2D eigenvalue weighted by atomic mass is 32.2. The Morgan fingerprint density at radius 2 is 2.00 bits per heavy atom. The van der Waals surface area contributed by atoms with Gasteiger partial charge in [0.15, 0.2) is 5.88 Å². The van der Waals surface area contributed by atoms with Crippen molar-refractivity contribution < 1.29 is 17.9 Å². The van der Waals surface area contributed by atoms with Gasteiger partial charge in [0.1, 0.15) is 5.82 Å². The molecule has 3 N–H and O–H groups in total. The van der Waals surface area contributed by atoms with Gasteiger partial charge >= 0.3 is 0 Å². The van der Waals surface area contributed by atoms with Gasteiger partial charge < -0.3 is 20.3 Å². The lowest BCUT2D eigenvalue weighted by Gasteiger charge is -2.33. The number of aromatic hydroxyl groups is 1. The van der Waals surface area contributed by atoms with E-state index in [1.54, 1.807) is 31.2 Å². The molecule has 0 bridgehead atoms. The third-order valence-electron chi connectivity index (χ3n) is 6.07. The number of hydrogen-bond acceptors (Lipinski definition) is 5. The fourth-order valence-corrected chi connectivity index (χ4v) is 5.04. The van der Waals surface area contributed by atoms with Crippen LogP contribution in [-0.2, 0) is 10.0 Å². The molecule has 1 aliphatic carbocycles. The molecule has 3 heterocycles. The molecule has 7 nitrogen and oxygen atoms in total. The number of benzene rings is 1. The number of halogens is 1. The molecule has 2 atom stereocenters. The van der Waals surface area contributed by atoms with Gasteiger partial charge in [-0.1, -0.05) is 6.08 Å². The Labute approximate surface area is 185 Å². The Bertz CT molecular complexity index is 1320. The van der Waals surface area contributed by atoms with Crippen molar-refractivity contribution in [3.05, 3.63) is 71.3 Å². The molecule has 2 aliphatic heterocycles. The van der Waals surface area contributed by atoms with Crippen LogP contribution in [0.15, 0.2) is 53.1 Å². The summed E-state index contributed by atoms with van der Waals surface area (Å²) in [6, 6.07) is 5.92. The van der Waals surface area contributed by atoms with E-state index < -0.39 is 10.0 Å². The molecule has 3 aliphatic rings. The highest BCUT2D eigenvalue weighted by Crippen LogP contribution is 2.46. The fourth-order valence-electron chi connectivity index (χ4n) is 4.48. The van der Waals surface area contributed by atoms with Crippen LogP contribution in [0.4, 0.5) is 10.1 Å². The third-order valence-corrected chi connectivity index (χ3v) is 7.29. The third kappa shape index (κ3) is 3.33. The predicted octanol–water partition coefficient (Wildman–Crippen LogP) is 3.50. The first-order valence-electron chi connectivity index (χ1n) is 10.4. The minimum Gasteiger partial charge on any atom is -0.494 e. The summed E-state index contributed by atoms with van der Waals surface area (Å²) in [6.45, 7) is 4.05. The maximum absolute atomic E-state index is 13.6. The summed E-state index contributed by atoms with van der Waals surface area (Å²) in [5.74, 6) is -0.391. The molecule has 2 aromatic rings. The van der Waals surface area contributed by atoms with Crippen LogP contribution in [0.3, 0.4) is 0 Å². The number of H-pyrrole nitrogens is 1. The monoisotopic (exact) mass is 454 g/mol. The van der Waals surface area contributed by atoms with Crippen molar-refractivity contribution in [2.75, 3.05) is 17.2 Å². The number of rotatable bonds is 3. The van der Waals surface area contributed by atoms with Crippen LogP contribution in [0.2, 0.25) is 0 Å². The Morgan fingerprint density at radius 3 is 2.72 bits per heavy atom. The minimum absolute atomic E-state index is 0.0293. The van der Waals surface area contributed by atoms with Gasteiger partial charge in [-0.2, -0.15) is 4.40 Å². The minimum atomic E-state index is -3.59. The van der Waals surface area contributed by atoms with Crippen molar-refractivity contribution in [1.82, 2.24) is 10.3 Å². The van der Waals surface area contributed by atoms with E-state index in [0.717, 1.165) is 28.1 Å². The number of fused-ring (bicyclic) bond motifs is 2. The summed E-state index contributed by atoms with van der Waals surface area (Å²) in [4.78, 5) is 5.19. The average molecular weight is 455 g/mol. The van der Waals surface area contributed by atoms with Gasteiger partial charge in [0, 0.05) is 35.3 Å². The summed E-state index contributed by atoms with van der Waals surface area (Å²) in [5.41, 5.74) is 5.23. The molecule has 1 aromatic heterocycles. The molecular formula is C23H23FN4O3S. The lowest BCUT2D eigenvalue weighted by Crippen LogP contribution is -2.36. The van der Waals surface area contributed by atoms with Crippen LogP contribution >= 0.6 is 0 Å². The molecule has 9 heteroatoms. The number of nitrogens with zero attached hydrogens (tertiary/aromatic N) is 2. The maximum Gasteiger partial charge on any atom is 0.253 e. The van der Waals surface area contributed by atoms with Gasteiger partial charge in [0.05, 0.1) is 23.5 Å². The van der Waals surface area contributed by atoms with Crippen LogP contribution in [0.25, 0.3) is 11.1 Å². The molecule has 32 heavy (non-hydrogen) atoms. The molecule has 0 saturated heterocycles. The zero-order chi connectivity index (χ0) is 22.6. The van der Waals surface area contributed by atoms with Gasteiger partial charge in [0.25, 0.3) is 10.0 Å². The van der Waals surface area contributed by atoms with E-state index >= 15 is 0 Å². The first-order valence-corrected chi connectivity index (χ1v) is 12.0. The Kier molecular flexibility index (Phi) is 4.74. The molecule has 0 radical (unpaired) electrons. The van der Waals surface area contributed by atoms with E-state index in [1.807, 2.05) is 19.2 Å². The first kappa shape index (κ1) is 20.6. The van der Waals surface area contributed by atoms with Gasteiger partial charge in [-0.05, 0) is 61.4 Å². The Morgan fingerprint density at radius 1 is 1.25 bits per heavy atom. The van der Waals surface area contributed by atoms with Crippen LogP contribution in [0.1, 0.15) is 36.7 Å². The second-order valence-electron chi connectivity index (χ2n) is 8.09. The lowest BCUT2D eigenvalue weighted by molar-refractivity contribution is 0.452. The normalized spacial score (nSPS) is 23.1. The van der Waals surface area contributed by atoms with E-state index in [0.29, 0.717) is 17.8 Å². The summed E-state index contributed by atoms with van der Waals surface area (Å²) >= 11 is 0. The van der Waals surface area contributed by atoms with Gasteiger partial charge in [-0.3, -0.25) is 0 Å². The molecule has 0 amide bonds. The van der Waals surface area contributed by atoms with E-state index in [-0.39, 0.29) is 29.5 Å². The molecule has 5 rings (SSSR count). The van der Waals surface area contributed by atoms with Crippen LogP contribution < -0.4 is 10.2 Å². The largest absolute Gasteiger partial charge is 0.494 e. The number of hydrogen-bond donors (Lipinski definition) is 3. The number of aromatic amines is 1. The highest BCUT2D eigenvalue weighted by Gasteiger charge is 2.37. The van der Waals surface area contributed by atoms with Gasteiger partial charge in [-0.25, -0.2) is 12.8 Å². The lowest BCUT2D eigenvalue weighted by atomic mass is 9.89. The van der Waals surface area contributed by atoms with Crippen LogP contribution in [0.5, 0.6) is 5.88 Å². The summed E-state index contributed by atoms with van der Waals surface area (Å²) in [7, 11) is -3.59. The molecule has 0 spiro atoms. The number of allylic oxidation sites excluding steroid dienone is 2. The zero-order valence-corrected chi connectivity index (χ0v) is 18.4. The summed E-state index contributed by atoms with van der Waals surface area (Å²) < 4.78 is 41.8. The number of anilines is 1. The van der Waals surface area contributed by atoms with Gasteiger partial charge in [0.2, 0.25) is 0 Å². The van der Waals surface area contributed by atoms with Crippen LogP contribution in [-0.4, -0.2) is 42.6 Å². The van der Waals surface area contributed by atoms with E-state index in [1.165, 1.54) is 12.1 Å². The standard InChI is InChI=1S/C23H23FN4O3S/c1-3-32(30,31)27-16-6-9-19-18(10-16)21-20-14(11-25-13(2)22(20)26-23(21)29)12-28(19)17-7-4-15(24)5-8-17/h4-11,13,19,25-26,29H,3,12H2,1-2H3. The first-order chi connectivity index (χ1) is 15.3. The Hall–Kier alpha value is -3.33. The van der Waals surface area contributed by atoms with E-state index in [2.05, 4.69) is 19.6 Å². The van der Waals surface area contributed by atoms with Crippen molar-refractivity contribution >= 4 is 32.6 Å². The quantitative estimate of drug-likeness (QED) is 0.660. The van der Waals surface area contributed by atoms with Crippen molar-refractivity contribution in [2.45, 2.75) is 25.9 Å². The van der Waals surface area contributed by atoms with Gasteiger partial charge in [-0.15, -0.1) is 0 Å². The molecular weight excluding hydrogens is 431 g/mol. The molecule has 2 unspecified atom stereocenters. The van der Waals surface area contributed by atoms with Crippen molar-refractivity contribution in [3.63, 3.8) is 0 Å². The second-order valence-corrected chi connectivity index (χ2v) is 10.0. The number of aromatic nitrogens is 1. The molecule has 0 saturated carbocycles. The topological polar surface area (TPSA) is 97.8 Å². The molecule has 0 fully saturated rings. The zero-order valence-electron chi connectivity index (χ0n) is 17.6. The summed E-state index contributed by atoms with van der Waals surface area (Å²) in [6.07, 6.45) is 7.21. The van der Waals surface area contributed by atoms with Crippen molar-refractivity contribution in [2.24, 2.45) is 4.40 Å². The molecule has 1 aromatic carbocycles. The smallest absolute Gasteiger partial charge is 0.253 e. The molecule has 166 valence electrons. The maximum atomic E-state index is 13.6. The van der Waals surface area contributed by atoms with Crippen molar-refractivity contribution in [1.29, 1.82) is 0 Å². The van der Waals surface area contributed by atoms with Crippen LogP contribution in [0, 0.1) is 5.82 Å². The fraction of sp³-hybridized carbons (Fsp3) is 0.261. The summed E-state index contributed by atoms with van der Waals surface area (Å²) in [5, 5.41) is 14.2. The highest BCUT2D eigenvalue weighted by molar-refractivity contribution is 7.90. The average Bonchev–Trinajstić information content (AvgIpc) is 3.04. The number of sulfonamides is 1. The predicted molar refractivity (Wildman–Crippen MR) is 124 cm³/mol. The SMILES string of the molecule is CCS(=O)(=O)N=C1C=CC2C(=C1)c1c(O)[nH]c3c1C(=CNC3C)CN2c1ccc(F)cc1. The van der Waals surface area contributed by atoms with E-state index in [9.17, 15) is 17.9 Å².